The number of allylic oxidation sites excluding steroid dienone is 1. The molecule has 0 radical (unpaired) electrons. The van der Waals surface area contributed by atoms with E-state index in [1.807, 2.05) is 77.5 Å². The first-order valence-corrected chi connectivity index (χ1v) is 12.4. The maximum absolute atomic E-state index is 13.2. The molecule has 6 rings (SSSR count). The van der Waals surface area contributed by atoms with E-state index >= 15 is 0 Å². The molecule has 2 heterocycles. The lowest BCUT2D eigenvalue weighted by Gasteiger charge is -2.26. The molecular weight excluding hydrogens is 479 g/mol. The Morgan fingerprint density at radius 3 is 1.71 bits per heavy atom. The molecule has 176 valence electrons. The molecule has 35 heavy (non-hydrogen) atoms. The summed E-state index contributed by atoms with van der Waals surface area (Å²) in [6.45, 7) is 8.95. The maximum atomic E-state index is 13.2. The van der Waals surface area contributed by atoms with Crippen LogP contribution in [-0.4, -0.2) is 5.10 Å². The molecule has 2 aliphatic rings. The molecule has 0 saturated heterocycles. The Labute approximate surface area is 213 Å². The molecule has 0 bridgehead atoms. The van der Waals surface area contributed by atoms with E-state index in [2.05, 4.69) is 32.8 Å². The second-order valence-corrected chi connectivity index (χ2v) is 11.3. The largest absolute Gasteiger partial charge is 0.414 e. The summed E-state index contributed by atoms with van der Waals surface area (Å²) in [5.74, 6) is 0.603. The Morgan fingerprint density at radius 2 is 1.23 bits per heavy atom. The second-order valence-electron chi connectivity index (χ2n) is 10.4. The molecule has 4 nitrogen and oxygen atoms in total. The van der Waals surface area contributed by atoms with Gasteiger partial charge in [-0.05, 0) is 41.1 Å². The summed E-state index contributed by atoms with van der Waals surface area (Å²) in [5, 5.41) is 5.75. The standard InChI is InChI=1S/C29H24Cl2N2O2/c1-27(2)23(28(27,3)4)24-29(17-9-13-19(30)14-10-17,18-11-15-20(31)16-12-18)35-26-22-8-6-5-7-21(22)25(34)32-33(24)26/h5-16H,1-4H3/p+1. The SMILES string of the molecule is CC1(C)C(=C2[n+]3[nH]c(=O)c4ccccc4c3OC2(c2ccc(Cl)cc2)c2ccc(Cl)cc2)C1(C)C. The van der Waals surface area contributed by atoms with Crippen LogP contribution < -0.4 is 15.0 Å². The smallest absolute Gasteiger partial charge is 0.407 e. The van der Waals surface area contributed by atoms with Crippen molar-refractivity contribution in [2.45, 2.75) is 33.3 Å². The highest BCUT2D eigenvalue weighted by atomic mass is 35.5. The van der Waals surface area contributed by atoms with Gasteiger partial charge >= 0.3 is 11.4 Å². The van der Waals surface area contributed by atoms with Crippen molar-refractivity contribution >= 4 is 39.7 Å². The Balaban J connectivity index is 1.80. The van der Waals surface area contributed by atoms with Gasteiger partial charge in [-0.1, -0.05) is 87.3 Å². The fourth-order valence-electron chi connectivity index (χ4n) is 5.65. The third kappa shape index (κ3) is 2.93. The van der Waals surface area contributed by atoms with Crippen LogP contribution in [-0.2, 0) is 5.60 Å². The molecule has 1 aromatic heterocycles. The summed E-state index contributed by atoms with van der Waals surface area (Å²) in [6, 6.07) is 23.0. The molecule has 1 aliphatic heterocycles. The van der Waals surface area contributed by atoms with Crippen LogP contribution in [0.2, 0.25) is 10.0 Å². The van der Waals surface area contributed by atoms with E-state index in [9.17, 15) is 4.79 Å². The number of H-pyrrole nitrogens is 1. The summed E-state index contributed by atoms with van der Waals surface area (Å²) in [4.78, 5) is 13.2. The molecule has 0 atom stereocenters. The fourth-order valence-corrected chi connectivity index (χ4v) is 5.90. The molecule has 1 aliphatic carbocycles. The maximum Gasteiger partial charge on any atom is 0.407 e. The van der Waals surface area contributed by atoms with Gasteiger partial charge in [-0.25, -0.2) is 0 Å². The number of aromatic amines is 1. The van der Waals surface area contributed by atoms with Crippen molar-refractivity contribution in [1.82, 2.24) is 5.10 Å². The molecule has 0 unspecified atom stereocenters. The summed E-state index contributed by atoms with van der Waals surface area (Å²) in [5.41, 5.74) is 2.58. The van der Waals surface area contributed by atoms with Crippen LogP contribution >= 0.6 is 23.2 Å². The number of nitrogens with one attached hydrogen (secondary N) is 1. The molecule has 0 amide bonds. The van der Waals surface area contributed by atoms with Gasteiger partial charge in [0.05, 0.1) is 5.39 Å². The van der Waals surface area contributed by atoms with E-state index in [0.717, 1.165) is 22.2 Å². The zero-order chi connectivity index (χ0) is 24.8. The Kier molecular flexibility index (Phi) is 4.62. The highest BCUT2D eigenvalue weighted by Crippen LogP contribution is 2.71. The third-order valence-corrected chi connectivity index (χ3v) is 8.62. The molecule has 1 fully saturated rings. The number of hydrogen-bond donors (Lipinski definition) is 1. The van der Waals surface area contributed by atoms with Crippen molar-refractivity contribution in [2.75, 3.05) is 0 Å². The van der Waals surface area contributed by atoms with E-state index < -0.39 is 5.60 Å². The minimum Gasteiger partial charge on any atom is -0.414 e. The molecule has 3 aromatic carbocycles. The monoisotopic (exact) mass is 503 g/mol. The molecule has 0 spiro atoms. The first-order valence-electron chi connectivity index (χ1n) is 11.6. The van der Waals surface area contributed by atoms with E-state index in [0.29, 0.717) is 21.3 Å². The normalized spacial score (nSPS) is 18.9. The Hall–Kier alpha value is -3.08. The van der Waals surface area contributed by atoms with Crippen LogP contribution in [0.1, 0.15) is 38.8 Å². The number of halogens is 2. The van der Waals surface area contributed by atoms with Crippen LogP contribution in [0, 0.1) is 10.8 Å². The Morgan fingerprint density at radius 1 is 0.743 bits per heavy atom. The number of nitrogens with zero attached hydrogens (tertiary/aromatic N) is 1. The predicted molar refractivity (Wildman–Crippen MR) is 140 cm³/mol. The van der Waals surface area contributed by atoms with Crippen molar-refractivity contribution < 1.29 is 9.42 Å². The van der Waals surface area contributed by atoms with Crippen LogP contribution in [0.25, 0.3) is 16.5 Å². The van der Waals surface area contributed by atoms with Gasteiger partial charge in [-0.2, -0.15) is 0 Å². The van der Waals surface area contributed by atoms with Gasteiger partial charge in [0.15, 0.2) is 0 Å². The van der Waals surface area contributed by atoms with Crippen LogP contribution in [0.15, 0.2) is 83.2 Å². The number of ether oxygens (including phenoxy) is 1. The van der Waals surface area contributed by atoms with Crippen LogP contribution in [0.5, 0.6) is 5.88 Å². The van der Waals surface area contributed by atoms with Crippen LogP contribution in [0.3, 0.4) is 0 Å². The quantitative estimate of drug-likeness (QED) is 0.308. The number of rotatable bonds is 2. The highest BCUT2D eigenvalue weighted by molar-refractivity contribution is 6.30. The van der Waals surface area contributed by atoms with Gasteiger partial charge in [-0.15, -0.1) is 5.10 Å². The highest BCUT2D eigenvalue weighted by Gasteiger charge is 2.70. The minimum atomic E-state index is -1.02. The third-order valence-electron chi connectivity index (χ3n) is 8.11. The lowest BCUT2D eigenvalue weighted by atomic mass is 9.82. The zero-order valence-corrected chi connectivity index (χ0v) is 21.5. The van der Waals surface area contributed by atoms with Crippen molar-refractivity contribution in [3.63, 3.8) is 0 Å². The topological polar surface area (TPSA) is 46.0 Å². The van der Waals surface area contributed by atoms with Gasteiger partial charge in [0.25, 0.3) is 11.3 Å². The lowest BCUT2D eigenvalue weighted by molar-refractivity contribution is -0.639. The van der Waals surface area contributed by atoms with Crippen molar-refractivity contribution in [1.29, 1.82) is 0 Å². The minimum absolute atomic E-state index is 0.104. The molecule has 1 N–H and O–H groups in total. The van der Waals surface area contributed by atoms with Gasteiger partial charge < -0.3 is 4.74 Å². The summed E-state index contributed by atoms with van der Waals surface area (Å²) in [6.07, 6.45) is 0. The summed E-state index contributed by atoms with van der Waals surface area (Å²) in [7, 11) is 0. The van der Waals surface area contributed by atoms with Crippen molar-refractivity contribution in [3.05, 3.63) is 110 Å². The Bertz CT molecular complexity index is 1540. The van der Waals surface area contributed by atoms with Gasteiger partial charge in [-0.3, -0.25) is 4.79 Å². The average Bonchev–Trinajstić information content (AvgIpc) is 3.07. The van der Waals surface area contributed by atoms with E-state index in [4.69, 9.17) is 27.9 Å². The lowest BCUT2D eigenvalue weighted by Crippen LogP contribution is -2.44. The van der Waals surface area contributed by atoms with Gasteiger partial charge in [0, 0.05) is 37.6 Å². The zero-order valence-electron chi connectivity index (χ0n) is 19.9. The van der Waals surface area contributed by atoms with Crippen LogP contribution in [0.4, 0.5) is 0 Å². The number of benzene rings is 3. The molecule has 4 aromatic rings. The van der Waals surface area contributed by atoms with Gasteiger partial charge in [0.2, 0.25) is 0 Å². The van der Waals surface area contributed by atoms with E-state index in [-0.39, 0.29) is 16.4 Å². The van der Waals surface area contributed by atoms with Crippen molar-refractivity contribution in [3.8, 4) is 5.88 Å². The fraction of sp³-hybridized carbons (Fsp3) is 0.241. The number of fused-ring (bicyclic) bond motifs is 3. The van der Waals surface area contributed by atoms with E-state index in [1.165, 1.54) is 5.57 Å². The van der Waals surface area contributed by atoms with Gasteiger partial charge in [0.1, 0.15) is 5.39 Å². The second kappa shape index (κ2) is 7.22. The van der Waals surface area contributed by atoms with E-state index in [1.54, 1.807) is 0 Å². The number of hydrogen-bond acceptors (Lipinski definition) is 2. The first kappa shape index (κ1) is 22.4. The molecular formula is C29H25Cl2N2O2+. The first-order chi connectivity index (χ1) is 16.6. The predicted octanol–water partition coefficient (Wildman–Crippen LogP) is 6.74. The average molecular weight is 504 g/mol. The molecule has 6 heteroatoms. The summed E-state index contributed by atoms with van der Waals surface area (Å²) >= 11 is 12.6. The van der Waals surface area contributed by atoms with Crippen molar-refractivity contribution in [2.24, 2.45) is 10.8 Å². The number of aromatic nitrogens is 2. The molecule has 1 saturated carbocycles. The summed E-state index contributed by atoms with van der Waals surface area (Å²) < 4.78 is 8.92.